The third kappa shape index (κ3) is 1.61. The Balaban J connectivity index is 1.89. The number of sulfonamides is 1. The second-order valence-electron chi connectivity index (χ2n) is 4.17. The summed E-state index contributed by atoms with van der Waals surface area (Å²) in [6.45, 7) is -0.0939. The molecular formula is C8H12N2O6S. The molecule has 0 amide bonds. The van der Waals surface area contributed by atoms with Gasteiger partial charge in [-0.15, -0.1) is 4.40 Å². The summed E-state index contributed by atoms with van der Waals surface area (Å²) in [5, 5.41) is 18.8. The minimum Gasteiger partial charge on any atom is -0.453 e. The van der Waals surface area contributed by atoms with E-state index in [0.29, 0.717) is 0 Å². The number of aliphatic hydroxyl groups is 2. The number of rotatable bonds is 1. The molecule has 3 rings (SSSR count). The van der Waals surface area contributed by atoms with Crippen LogP contribution in [0.25, 0.3) is 0 Å². The average Bonchev–Trinajstić information content (AvgIpc) is 2.74. The van der Waals surface area contributed by atoms with Gasteiger partial charge in [-0.2, -0.15) is 0 Å². The topological polar surface area (TPSA) is 109 Å². The molecule has 0 spiro atoms. The summed E-state index contributed by atoms with van der Waals surface area (Å²) in [5.41, 5.74) is 0. The number of fused-ring (bicyclic) bond motifs is 3. The number of amidine groups is 1. The van der Waals surface area contributed by atoms with Crippen LogP contribution >= 0.6 is 0 Å². The Labute approximate surface area is 97.5 Å². The van der Waals surface area contributed by atoms with Crippen molar-refractivity contribution in [2.24, 2.45) is 4.40 Å². The van der Waals surface area contributed by atoms with Crippen LogP contribution in [0.1, 0.15) is 0 Å². The predicted octanol–water partition coefficient (Wildman–Crippen LogP) is -2.54. The van der Waals surface area contributed by atoms with Crippen LogP contribution in [0.4, 0.5) is 0 Å². The SMILES string of the molecule is O=S1(=O)CCN2C(=N1)O[C@H]1[C@H](O)[C@@H](CO)O[C@H]12. The average molecular weight is 264 g/mol. The van der Waals surface area contributed by atoms with Crippen LogP contribution in [0.5, 0.6) is 0 Å². The zero-order chi connectivity index (χ0) is 12.2. The van der Waals surface area contributed by atoms with Gasteiger partial charge < -0.3 is 19.7 Å². The van der Waals surface area contributed by atoms with E-state index in [1.165, 1.54) is 0 Å². The number of nitrogens with zero attached hydrogens (tertiary/aromatic N) is 2. The minimum absolute atomic E-state index is 0.0262. The van der Waals surface area contributed by atoms with Gasteiger partial charge in [0.05, 0.1) is 12.4 Å². The van der Waals surface area contributed by atoms with Crippen LogP contribution in [0, 0.1) is 0 Å². The van der Waals surface area contributed by atoms with Crippen molar-refractivity contribution in [2.45, 2.75) is 24.5 Å². The molecule has 4 atom stereocenters. The van der Waals surface area contributed by atoms with E-state index in [-0.39, 0.29) is 24.9 Å². The lowest BCUT2D eigenvalue weighted by atomic mass is 10.1. The monoisotopic (exact) mass is 264 g/mol. The third-order valence-corrected chi connectivity index (χ3v) is 4.23. The maximum Gasteiger partial charge on any atom is 0.305 e. The van der Waals surface area contributed by atoms with Gasteiger partial charge in [-0.1, -0.05) is 0 Å². The molecule has 0 radical (unpaired) electrons. The van der Waals surface area contributed by atoms with Gasteiger partial charge in [0.25, 0.3) is 10.0 Å². The zero-order valence-electron chi connectivity index (χ0n) is 8.76. The fourth-order valence-electron chi connectivity index (χ4n) is 2.22. The van der Waals surface area contributed by atoms with E-state index in [0.717, 1.165) is 0 Å². The molecule has 0 saturated carbocycles. The van der Waals surface area contributed by atoms with Crippen molar-refractivity contribution in [1.82, 2.24) is 4.90 Å². The Morgan fingerprint density at radius 1 is 1.53 bits per heavy atom. The number of hydrogen-bond donors (Lipinski definition) is 2. The number of aliphatic hydroxyl groups excluding tert-OH is 2. The van der Waals surface area contributed by atoms with E-state index in [4.69, 9.17) is 14.6 Å². The van der Waals surface area contributed by atoms with Crippen molar-refractivity contribution in [3.05, 3.63) is 0 Å². The van der Waals surface area contributed by atoms with E-state index in [9.17, 15) is 13.5 Å². The molecule has 0 aromatic carbocycles. The van der Waals surface area contributed by atoms with Gasteiger partial charge in [0.1, 0.15) is 12.2 Å². The molecule has 3 aliphatic rings. The second kappa shape index (κ2) is 3.55. The summed E-state index contributed by atoms with van der Waals surface area (Å²) in [6, 6.07) is -0.0262. The van der Waals surface area contributed by atoms with Crippen LogP contribution in [-0.4, -0.2) is 73.0 Å². The largest absolute Gasteiger partial charge is 0.453 e. The van der Waals surface area contributed by atoms with Crippen LogP contribution in [0.2, 0.25) is 0 Å². The fraction of sp³-hybridized carbons (Fsp3) is 0.875. The molecule has 96 valence electrons. The first kappa shape index (κ1) is 11.2. The predicted molar refractivity (Wildman–Crippen MR) is 54.6 cm³/mol. The van der Waals surface area contributed by atoms with Gasteiger partial charge in [-0.3, -0.25) is 4.90 Å². The van der Waals surface area contributed by atoms with Gasteiger partial charge in [0.15, 0.2) is 12.3 Å². The Hall–Kier alpha value is -0.900. The molecule has 9 heteroatoms. The molecule has 17 heavy (non-hydrogen) atoms. The van der Waals surface area contributed by atoms with Gasteiger partial charge in [0.2, 0.25) is 0 Å². The number of ether oxygens (including phenoxy) is 2. The molecule has 2 N–H and O–H groups in total. The van der Waals surface area contributed by atoms with E-state index in [1.54, 1.807) is 4.90 Å². The fourth-order valence-corrected chi connectivity index (χ4v) is 3.13. The lowest BCUT2D eigenvalue weighted by Gasteiger charge is -2.25. The number of hydrogen-bond acceptors (Lipinski definition) is 7. The summed E-state index contributed by atoms with van der Waals surface area (Å²) in [5.74, 6) is -0.105. The molecule has 0 aliphatic carbocycles. The van der Waals surface area contributed by atoms with Crippen molar-refractivity contribution < 1.29 is 28.1 Å². The third-order valence-electron chi connectivity index (χ3n) is 3.09. The van der Waals surface area contributed by atoms with Crippen LogP contribution in [0.3, 0.4) is 0 Å². The van der Waals surface area contributed by atoms with Crippen LogP contribution < -0.4 is 0 Å². The van der Waals surface area contributed by atoms with Crippen molar-refractivity contribution in [3.8, 4) is 0 Å². The molecule has 0 unspecified atom stereocenters. The lowest BCUT2D eigenvalue weighted by Crippen LogP contribution is -2.42. The first-order chi connectivity index (χ1) is 8.02. The molecule has 2 saturated heterocycles. The van der Waals surface area contributed by atoms with Crippen LogP contribution in [0.15, 0.2) is 4.40 Å². The van der Waals surface area contributed by atoms with Crippen molar-refractivity contribution in [1.29, 1.82) is 0 Å². The highest BCUT2D eigenvalue weighted by Crippen LogP contribution is 2.33. The Morgan fingerprint density at radius 3 is 3.00 bits per heavy atom. The van der Waals surface area contributed by atoms with Crippen molar-refractivity contribution in [2.75, 3.05) is 18.9 Å². The summed E-state index contributed by atoms with van der Waals surface area (Å²) >= 11 is 0. The highest BCUT2D eigenvalue weighted by atomic mass is 32.2. The second-order valence-corrected chi connectivity index (χ2v) is 5.93. The standard InChI is InChI=1S/C8H12N2O6S/c11-3-4-5(12)6-7(15-4)10-1-2-17(13,14)9-8(10)16-6/h4-7,11-12H,1-3H2/t4-,5-,6+,7-/m1/s1. The maximum atomic E-state index is 11.3. The summed E-state index contributed by atoms with van der Waals surface area (Å²) in [6.07, 6.45) is -2.96. The Morgan fingerprint density at radius 2 is 2.29 bits per heavy atom. The first-order valence-corrected chi connectivity index (χ1v) is 6.83. The molecular weight excluding hydrogens is 252 g/mol. The molecule has 0 aromatic heterocycles. The first-order valence-electron chi connectivity index (χ1n) is 5.22. The van der Waals surface area contributed by atoms with E-state index < -0.39 is 34.6 Å². The zero-order valence-corrected chi connectivity index (χ0v) is 9.58. The maximum absolute atomic E-state index is 11.3. The van der Waals surface area contributed by atoms with E-state index >= 15 is 0 Å². The molecule has 3 aliphatic heterocycles. The molecule has 0 bridgehead atoms. The summed E-state index contributed by atoms with van der Waals surface area (Å²) in [4.78, 5) is 1.56. The smallest absolute Gasteiger partial charge is 0.305 e. The van der Waals surface area contributed by atoms with Crippen LogP contribution in [-0.2, 0) is 19.5 Å². The van der Waals surface area contributed by atoms with Gasteiger partial charge in [-0.25, -0.2) is 8.42 Å². The molecule has 2 fully saturated rings. The normalized spacial score (nSPS) is 42.7. The molecule has 3 heterocycles. The summed E-state index contributed by atoms with van der Waals surface area (Å²) in [7, 11) is -3.47. The van der Waals surface area contributed by atoms with Crippen molar-refractivity contribution >= 4 is 16.0 Å². The highest BCUT2D eigenvalue weighted by Gasteiger charge is 2.55. The molecule has 8 nitrogen and oxygen atoms in total. The quantitative estimate of drug-likeness (QED) is 0.537. The van der Waals surface area contributed by atoms with Gasteiger partial charge in [-0.05, 0) is 0 Å². The van der Waals surface area contributed by atoms with Gasteiger partial charge >= 0.3 is 6.02 Å². The molecule has 0 aromatic rings. The van der Waals surface area contributed by atoms with Crippen molar-refractivity contribution in [3.63, 3.8) is 0 Å². The van der Waals surface area contributed by atoms with E-state index in [2.05, 4.69) is 4.40 Å². The lowest BCUT2D eigenvalue weighted by molar-refractivity contribution is -0.0551. The highest BCUT2D eigenvalue weighted by molar-refractivity contribution is 7.90. The van der Waals surface area contributed by atoms with Gasteiger partial charge in [0, 0.05) is 6.54 Å². The Bertz CT molecular complexity index is 463. The summed E-state index contributed by atoms with van der Waals surface area (Å²) < 4.78 is 36.7. The minimum atomic E-state index is -3.47. The Kier molecular flexibility index (Phi) is 2.34. The van der Waals surface area contributed by atoms with E-state index in [1.807, 2.05) is 0 Å².